The normalized spacial score (nSPS) is 11.1. The number of aromatic nitrogens is 1. The van der Waals surface area contributed by atoms with Crippen LogP contribution in [0.3, 0.4) is 0 Å². The number of hydrogen-bond donors (Lipinski definition) is 0. The molecule has 4 nitrogen and oxygen atoms in total. The van der Waals surface area contributed by atoms with E-state index in [2.05, 4.69) is 41.0 Å². The molecule has 0 saturated heterocycles. The molecular formula is C57H37NO3. The zero-order chi connectivity index (χ0) is 41.3. The maximum atomic E-state index is 14.1. The Morgan fingerprint density at radius 3 is 0.852 bits per heavy atom. The summed E-state index contributed by atoms with van der Waals surface area (Å²) in [5.41, 5.74) is 12.5. The first-order valence-corrected chi connectivity index (χ1v) is 20.3. The summed E-state index contributed by atoms with van der Waals surface area (Å²) < 4.78 is 2.12. The van der Waals surface area contributed by atoms with Gasteiger partial charge in [-0.1, -0.05) is 164 Å². The van der Waals surface area contributed by atoms with Crippen LogP contribution in [0, 0.1) is 0 Å². The van der Waals surface area contributed by atoms with Crippen molar-refractivity contribution < 1.29 is 14.4 Å². The van der Waals surface area contributed by atoms with E-state index >= 15 is 0 Å². The van der Waals surface area contributed by atoms with Crippen LogP contribution in [0.1, 0.15) is 47.8 Å². The fraction of sp³-hybridized carbons (Fsp3) is 0. The number of carbonyl (C=O) groups is 3. The molecule has 0 unspecified atom stereocenters. The minimum Gasteiger partial charge on any atom is -0.309 e. The van der Waals surface area contributed by atoms with Crippen LogP contribution in [0.4, 0.5) is 0 Å². The second kappa shape index (κ2) is 15.9. The summed E-state index contributed by atoms with van der Waals surface area (Å²) in [6.07, 6.45) is 0. The summed E-state index contributed by atoms with van der Waals surface area (Å²) in [5.74, 6) is -0.242. The minimum absolute atomic E-state index is 0.0618. The Hall–Kier alpha value is -8.21. The fourth-order valence-electron chi connectivity index (χ4n) is 8.18. The van der Waals surface area contributed by atoms with E-state index < -0.39 is 0 Å². The smallest absolute Gasteiger partial charge is 0.193 e. The summed E-state index contributed by atoms with van der Waals surface area (Å²) in [6.45, 7) is 0. The molecule has 0 bridgehead atoms. The predicted octanol–water partition coefficient (Wildman–Crippen LogP) is 13.5. The van der Waals surface area contributed by atoms with Crippen LogP contribution in [-0.4, -0.2) is 21.9 Å². The Morgan fingerprint density at radius 2 is 0.525 bits per heavy atom. The third kappa shape index (κ3) is 7.17. The van der Waals surface area contributed by atoms with Crippen molar-refractivity contribution in [1.29, 1.82) is 0 Å². The first-order valence-electron chi connectivity index (χ1n) is 20.3. The molecule has 0 N–H and O–H groups in total. The molecule has 0 atom stereocenters. The molecule has 0 aliphatic rings. The van der Waals surface area contributed by atoms with Gasteiger partial charge in [-0.05, 0) is 94.0 Å². The van der Waals surface area contributed by atoms with E-state index in [1.807, 2.05) is 188 Å². The topological polar surface area (TPSA) is 56.1 Å². The van der Waals surface area contributed by atoms with E-state index in [4.69, 9.17) is 0 Å². The molecule has 0 aliphatic carbocycles. The van der Waals surface area contributed by atoms with Crippen LogP contribution >= 0.6 is 0 Å². The molecule has 0 aliphatic heterocycles. The lowest BCUT2D eigenvalue weighted by molar-refractivity contribution is 0.103. The SMILES string of the molecule is O=C(c1ccc(-c2ccccc2)cc1)c1ccc(-n2c3ccc(C(=O)c4ccc(-c5ccccc5)cc4)cc3c3cc(C(=O)c4ccc(-c5ccccc5)cc4)ccc32)cc1. The summed E-state index contributed by atoms with van der Waals surface area (Å²) >= 11 is 0. The van der Waals surface area contributed by atoms with Gasteiger partial charge < -0.3 is 4.57 Å². The van der Waals surface area contributed by atoms with Crippen molar-refractivity contribution in [3.05, 3.63) is 258 Å². The van der Waals surface area contributed by atoms with Crippen LogP contribution < -0.4 is 0 Å². The first kappa shape index (κ1) is 37.1. The third-order valence-electron chi connectivity index (χ3n) is 11.4. The zero-order valence-electron chi connectivity index (χ0n) is 33.0. The Balaban J connectivity index is 1.01. The quantitative estimate of drug-likeness (QED) is 0.130. The van der Waals surface area contributed by atoms with Crippen molar-refractivity contribution >= 4 is 39.2 Å². The maximum Gasteiger partial charge on any atom is 0.193 e. The third-order valence-corrected chi connectivity index (χ3v) is 11.4. The minimum atomic E-state index is -0.0900. The fourth-order valence-corrected chi connectivity index (χ4v) is 8.18. The molecule has 0 radical (unpaired) electrons. The Kier molecular flexibility index (Phi) is 9.64. The largest absolute Gasteiger partial charge is 0.309 e. The lowest BCUT2D eigenvalue weighted by Crippen LogP contribution is -2.03. The summed E-state index contributed by atoms with van der Waals surface area (Å²) in [7, 11) is 0. The average Bonchev–Trinajstić information content (AvgIpc) is 3.67. The van der Waals surface area contributed by atoms with Crippen molar-refractivity contribution in [2.24, 2.45) is 0 Å². The molecule has 9 aromatic carbocycles. The number of benzene rings is 9. The number of fused-ring (bicyclic) bond motifs is 3. The number of ketones is 3. The molecule has 1 heterocycles. The molecule has 10 rings (SSSR count). The highest BCUT2D eigenvalue weighted by molar-refractivity contribution is 6.18. The van der Waals surface area contributed by atoms with Crippen LogP contribution in [0.25, 0.3) is 60.9 Å². The number of carbonyl (C=O) groups excluding carboxylic acids is 3. The molecular weight excluding hydrogens is 747 g/mol. The van der Waals surface area contributed by atoms with Crippen molar-refractivity contribution in [3.63, 3.8) is 0 Å². The van der Waals surface area contributed by atoms with Gasteiger partial charge in [-0.2, -0.15) is 0 Å². The van der Waals surface area contributed by atoms with Gasteiger partial charge in [0.25, 0.3) is 0 Å². The lowest BCUT2D eigenvalue weighted by Gasteiger charge is -2.10. The molecule has 0 spiro atoms. The van der Waals surface area contributed by atoms with Crippen molar-refractivity contribution in [1.82, 2.24) is 4.57 Å². The van der Waals surface area contributed by atoms with Crippen LogP contribution in [0.2, 0.25) is 0 Å². The standard InChI is InChI=1S/C57H37NO3/c59-55(44-22-16-41(17-23-44)38-10-4-1-5-11-38)47-28-32-50(33-29-47)58-53-34-30-48(56(60)45-24-18-42(19-25-45)39-12-6-2-7-13-39)36-51(53)52-37-49(31-35-54(52)58)57(61)46-26-20-43(21-27-46)40-14-8-3-9-15-40/h1-37H. The zero-order valence-corrected chi connectivity index (χ0v) is 33.0. The van der Waals surface area contributed by atoms with E-state index in [9.17, 15) is 14.4 Å². The van der Waals surface area contributed by atoms with Gasteiger partial charge in [0.15, 0.2) is 17.3 Å². The number of hydrogen-bond acceptors (Lipinski definition) is 3. The highest BCUT2D eigenvalue weighted by atomic mass is 16.1. The van der Waals surface area contributed by atoms with E-state index in [-0.39, 0.29) is 17.3 Å². The predicted molar refractivity (Wildman–Crippen MR) is 247 cm³/mol. The monoisotopic (exact) mass is 783 g/mol. The summed E-state index contributed by atoms with van der Waals surface area (Å²) in [6, 6.07) is 72.5. The Labute approximate surface area is 353 Å². The van der Waals surface area contributed by atoms with Gasteiger partial charge in [-0.15, -0.1) is 0 Å². The Bertz CT molecular complexity index is 3070. The second-order valence-corrected chi connectivity index (χ2v) is 15.2. The summed E-state index contributed by atoms with van der Waals surface area (Å²) in [5, 5.41) is 1.68. The van der Waals surface area contributed by atoms with E-state index in [1.54, 1.807) is 0 Å². The maximum absolute atomic E-state index is 14.1. The van der Waals surface area contributed by atoms with E-state index in [1.165, 1.54) is 0 Å². The van der Waals surface area contributed by atoms with E-state index in [0.717, 1.165) is 60.9 Å². The van der Waals surface area contributed by atoms with E-state index in [0.29, 0.717) is 33.4 Å². The number of nitrogens with zero attached hydrogens (tertiary/aromatic N) is 1. The van der Waals surface area contributed by atoms with Gasteiger partial charge >= 0.3 is 0 Å². The molecule has 10 aromatic rings. The lowest BCUT2D eigenvalue weighted by atomic mass is 9.97. The molecule has 0 saturated carbocycles. The molecule has 0 amide bonds. The summed E-state index contributed by atoms with van der Waals surface area (Å²) in [4.78, 5) is 41.8. The van der Waals surface area contributed by atoms with Gasteiger partial charge in [0.1, 0.15) is 0 Å². The molecule has 1 aromatic heterocycles. The van der Waals surface area contributed by atoms with Gasteiger partial charge in [0, 0.05) is 49.8 Å². The van der Waals surface area contributed by atoms with Gasteiger partial charge in [-0.25, -0.2) is 0 Å². The van der Waals surface area contributed by atoms with Crippen LogP contribution in [0.15, 0.2) is 224 Å². The van der Waals surface area contributed by atoms with Crippen molar-refractivity contribution in [3.8, 4) is 39.1 Å². The average molecular weight is 784 g/mol. The first-order chi connectivity index (χ1) is 30.0. The van der Waals surface area contributed by atoms with Gasteiger partial charge in [0.2, 0.25) is 0 Å². The van der Waals surface area contributed by atoms with Crippen LogP contribution in [0.5, 0.6) is 0 Å². The molecule has 61 heavy (non-hydrogen) atoms. The molecule has 288 valence electrons. The van der Waals surface area contributed by atoms with Gasteiger partial charge in [0.05, 0.1) is 11.0 Å². The highest BCUT2D eigenvalue weighted by Gasteiger charge is 2.19. The second-order valence-electron chi connectivity index (χ2n) is 15.2. The van der Waals surface area contributed by atoms with Crippen LogP contribution in [-0.2, 0) is 0 Å². The number of rotatable bonds is 10. The van der Waals surface area contributed by atoms with Crippen molar-refractivity contribution in [2.75, 3.05) is 0 Å². The molecule has 0 fully saturated rings. The van der Waals surface area contributed by atoms with Gasteiger partial charge in [-0.3, -0.25) is 14.4 Å². The Morgan fingerprint density at radius 1 is 0.262 bits per heavy atom. The highest BCUT2D eigenvalue weighted by Crippen LogP contribution is 2.35. The van der Waals surface area contributed by atoms with Crippen molar-refractivity contribution in [2.45, 2.75) is 0 Å². The molecule has 4 heteroatoms.